The second-order valence-corrected chi connectivity index (χ2v) is 8.13. The molecule has 5 heteroatoms. The molecule has 3 aliphatic rings. The van der Waals surface area contributed by atoms with E-state index < -0.39 is 10.8 Å². The minimum Gasteiger partial charge on any atom is -0.325 e. The van der Waals surface area contributed by atoms with Gasteiger partial charge < -0.3 is 10.2 Å². The number of anilines is 2. The number of carbonyl (C=O) groups excluding carboxylic acids is 2. The van der Waals surface area contributed by atoms with Gasteiger partial charge in [-0.1, -0.05) is 46.3 Å². The van der Waals surface area contributed by atoms with Gasteiger partial charge in [0.15, 0.2) is 0 Å². The van der Waals surface area contributed by atoms with Crippen LogP contribution < -0.4 is 10.2 Å². The average molecular weight is 409 g/mol. The third-order valence-electron chi connectivity index (χ3n) is 6.22. The fourth-order valence-corrected chi connectivity index (χ4v) is 5.43. The van der Waals surface area contributed by atoms with Gasteiger partial charge in [0.1, 0.15) is 0 Å². The van der Waals surface area contributed by atoms with E-state index in [-0.39, 0.29) is 11.8 Å². The van der Waals surface area contributed by atoms with E-state index >= 15 is 0 Å². The lowest BCUT2D eigenvalue weighted by Crippen LogP contribution is -2.59. The fourth-order valence-electron chi connectivity index (χ4n) is 5.07. The lowest BCUT2D eigenvalue weighted by Gasteiger charge is -2.45. The molecule has 1 N–H and O–H groups in total. The van der Waals surface area contributed by atoms with Crippen molar-refractivity contribution in [2.75, 3.05) is 17.3 Å². The summed E-state index contributed by atoms with van der Waals surface area (Å²) in [4.78, 5) is 28.8. The van der Waals surface area contributed by atoms with Crippen LogP contribution in [0, 0.1) is 0 Å². The third kappa shape index (κ3) is 1.60. The Morgan fingerprint density at radius 2 is 1.73 bits per heavy atom. The molecule has 2 aliphatic heterocycles. The molecule has 2 spiro atoms. The Morgan fingerprint density at radius 3 is 2.54 bits per heavy atom. The normalized spacial score (nSPS) is 28.6. The van der Waals surface area contributed by atoms with Crippen LogP contribution in [0.4, 0.5) is 11.4 Å². The van der Waals surface area contributed by atoms with E-state index in [0.29, 0.717) is 12.8 Å². The molecule has 0 radical (unpaired) electrons. The zero-order chi connectivity index (χ0) is 18.1. The highest BCUT2D eigenvalue weighted by Gasteiger charge is 2.68. The van der Waals surface area contributed by atoms with E-state index in [9.17, 15) is 9.59 Å². The summed E-state index contributed by atoms with van der Waals surface area (Å²) in [6.45, 7) is 0. The van der Waals surface area contributed by atoms with Crippen molar-refractivity contribution in [1.82, 2.24) is 0 Å². The summed E-state index contributed by atoms with van der Waals surface area (Å²) < 4.78 is 0.906. The Labute approximate surface area is 160 Å². The Bertz CT molecular complexity index is 1010. The molecule has 2 amide bonds. The zero-order valence-corrected chi connectivity index (χ0v) is 15.8. The van der Waals surface area contributed by atoms with Gasteiger partial charge in [0.2, 0.25) is 11.8 Å². The van der Waals surface area contributed by atoms with Gasteiger partial charge in [-0.2, -0.15) is 0 Å². The Kier molecular flexibility index (Phi) is 3.09. The molecule has 0 aromatic heterocycles. The number of carbonyl (C=O) groups is 2. The van der Waals surface area contributed by atoms with Gasteiger partial charge in [0.05, 0.1) is 10.8 Å². The molecular weight excluding hydrogens is 392 g/mol. The number of halogens is 1. The second-order valence-electron chi connectivity index (χ2n) is 7.22. The van der Waals surface area contributed by atoms with Crippen LogP contribution in [0.5, 0.6) is 0 Å². The molecular formula is C21H17BrN2O2. The van der Waals surface area contributed by atoms with Gasteiger partial charge in [-0.3, -0.25) is 9.59 Å². The predicted molar refractivity (Wildman–Crippen MR) is 104 cm³/mol. The van der Waals surface area contributed by atoms with Crippen molar-refractivity contribution < 1.29 is 9.59 Å². The Hall–Kier alpha value is -2.40. The van der Waals surface area contributed by atoms with E-state index in [1.807, 2.05) is 54.6 Å². The first-order chi connectivity index (χ1) is 12.5. The fraction of sp³-hybridized carbons (Fsp3) is 0.238. The summed E-state index contributed by atoms with van der Waals surface area (Å²) in [6.07, 6.45) is 5.11. The van der Waals surface area contributed by atoms with Crippen molar-refractivity contribution in [3.8, 4) is 0 Å². The Morgan fingerprint density at radius 1 is 1.00 bits per heavy atom. The molecule has 0 bridgehead atoms. The van der Waals surface area contributed by atoms with Crippen LogP contribution in [0.25, 0.3) is 0 Å². The van der Waals surface area contributed by atoms with Crippen molar-refractivity contribution >= 4 is 39.1 Å². The summed E-state index contributed by atoms with van der Waals surface area (Å²) in [6, 6.07) is 13.7. The lowest BCUT2D eigenvalue weighted by atomic mass is 9.53. The van der Waals surface area contributed by atoms with Gasteiger partial charge in [-0.25, -0.2) is 0 Å². The molecule has 0 fully saturated rings. The van der Waals surface area contributed by atoms with E-state index in [2.05, 4.69) is 21.2 Å². The van der Waals surface area contributed by atoms with E-state index in [1.165, 1.54) is 0 Å². The molecule has 0 saturated heterocycles. The number of allylic oxidation sites excluding steroid dienone is 2. The van der Waals surface area contributed by atoms with E-state index in [1.54, 1.807) is 11.9 Å². The van der Waals surface area contributed by atoms with Crippen molar-refractivity contribution in [2.24, 2.45) is 0 Å². The first kappa shape index (κ1) is 15.8. The third-order valence-corrected chi connectivity index (χ3v) is 6.71. The number of hydrogen-bond acceptors (Lipinski definition) is 2. The number of hydrogen-bond donors (Lipinski definition) is 1. The highest BCUT2D eigenvalue weighted by atomic mass is 79.9. The second kappa shape index (κ2) is 5.07. The molecule has 2 heterocycles. The van der Waals surface area contributed by atoms with Crippen molar-refractivity contribution in [3.63, 3.8) is 0 Å². The number of para-hydroxylation sites is 1. The van der Waals surface area contributed by atoms with Crippen LogP contribution in [0.1, 0.15) is 24.0 Å². The van der Waals surface area contributed by atoms with E-state index in [4.69, 9.17) is 0 Å². The number of nitrogens with one attached hydrogen (secondary N) is 1. The number of nitrogens with zero attached hydrogens (tertiary/aromatic N) is 1. The molecule has 2 atom stereocenters. The number of rotatable bonds is 0. The first-order valence-electron chi connectivity index (χ1n) is 8.66. The molecule has 2 aromatic rings. The lowest BCUT2D eigenvalue weighted by molar-refractivity contribution is -0.133. The van der Waals surface area contributed by atoms with Gasteiger partial charge >= 0.3 is 0 Å². The quantitative estimate of drug-likeness (QED) is 0.671. The number of likely N-dealkylation sites (N-methyl/N-ethyl adjacent to an activating group) is 1. The standard InChI is InChI=1S/C21H17BrN2O2/c1-24-17-7-3-2-6-14(17)21(19(24)26)11-5-4-10-20(21)15-12-13(22)8-9-16(15)23-18(20)25/h2-9,12H,10-11H2,1H3,(H,23,25). The van der Waals surface area contributed by atoms with E-state index in [0.717, 1.165) is 27.0 Å². The van der Waals surface area contributed by atoms with Crippen LogP contribution >= 0.6 is 15.9 Å². The van der Waals surface area contributed by atoms with Crippen LogP contribution in [0.3, 0.4) is 0 Å². The largest absolute Gasteiger partial charge is 0.325 e. The molecule has 0 saturated carbocycles. The molecule has 4 nitrogen and oxygen atoms in total. The highest BCUT2D eigenvalue weighted by molar-refractivity contribution is 9.10. The van der Waals surface area contributed by atoms with Crippen LogP contribution in [-0.2, 0) is 20.4 Å². The van der Waals surface area contributed by atoms with Gasteiger partial charge in [0, 0.05) is 22.9 Å². The van der Waals surface area contributed by atoms with Crippen LogP contribution in [0.2, 0.25) is 0 Å². The van der Waals surface area contributed by atoms with Gasteiger partial charge in [0.25, 0.3) is 0 Å². The number of amides is 2. The van der Waals surface area contributed by atoms with Crippen molar-refractivity contribution in [1.29, 1.82) is 0 Å². The smallest absolute Gasteiger partial charge is 0.239 e. The maximum atomic E-state index is 13.6. The summed E-state index contributed by atoms with van der Waals surface area (Å²) in [7, 11) is 1.80. The molecule has 5 rings (SSSR count). The van der Waals surface area contributed by atoms with Crippen molar-refractivity contribution in [3.05, 3.63) is 70.2 Å². The number of benzene rings is 2. The SMILES string of the molecule is CN1C(=O)C2(CC=CCC23C(=O)Nc2ccc(Br)cc23)c2ccccc21. The molecule has 2 unspecified atom stereocenters. The van der Waals surface area contributed by atoms with Crippen LogP contribution in [0.15, 0.2) is 59.1 Å². The maximum absolute atomic E-state index is 13.6. The number of fused-ring (bicyclic) bond motifs is 5. The topological polar surface area (TPSA) is 49.4 Å². The highest BCUT2D eigenvalue weighted by Crippen LogP contribution is 2.61. The molecule has 2 aromatic carbocycles. The molecule has 130 valence electrons. The maximum Gasteiger partial charge on any atom is 0.239 e. The summed E-state index contributed by atoms with van der Waals surface area (Å²) in [5.41, 5.74) is 1.69. The predicted octanol–water partition coefficient (Wildman–Crippen LogP) is 3.90. The van der Waals surface area contributed by atoms with Gasteiger partial charge in [-0.05, 0) is 48.2 Å². The van der Waals surface area contributed by atoms with Crippen LogP contribution in [-0.4, -0.2) is 18.9 Å². The minimum absolute atomic E-state index is 0.00831. The summed E-state index contributed by atoms with van der Waals surface area (Å²) >= 11 is 3.54. The summed E-state index contributed by atoms with van der Waals surface area (Å²) in [5.74, 6) is -0.0978. The Balaban J connectivity index is 1.89. The zero-order valence-electron chi connectivity index (χ0n) is 14.3. The minimum atomic E-state index is -0.932. The monoisotopic (exact) mass is 408 g/mol. The molecule has 26 heavy (non-hydrogen) atoms. The first-order valence-corrected chi connectivity index (χ1v) is 9.46. The van der Waals surface area contributed by atoms with Gasteiger partial charge in [-0.15, -0.1) is 0 Å². The van der Waals surface area contributed by atoms with Crippen molar-refractivity contribution in [2.45, 2.75) is 23.7 Å². The average Bonchev–Trinajstić information content (AvgIpc) is 3.04. The molecule has 1 aliphatic carbocycles. The summed E-state index contributed by atoms with van der Waals surface area (Å²) in [5, 5.41) is 3.04.